The van der Waals surface area contributed by atoms with Crippen LogP contribution < -0.4 is 9.64 Å². The van der Waals surface area contributed by atoms with Gasteiger partial charge in [0.25, 0.3) is 11.7 Å². The summed E-state index contributed by atoms with van der Waals surface area (Å²) in [5, 5.41) is 11.4. The molecule has 34 heavy (non-hydrogen) atoms. The van der Waals surface area contributed by atoms with E-state index >= 15 is 0 Å². The summed E-state index contributed by atoms with van der Waals surface area (Å²) < 4.78 is 11.5. The molecule has 1 aromatic heterocycles. The molecule has 3 aromatic rings. The second-order valence-electron chi connectivity index (χ2n) is 8.74. The fourth-order valence-electron chi connectivity index (χ4n) is 4.89. The van der Waals surface area contributed by atoms with Crippen molar-refractivity contribution in [2.75, 3.05) is 11.5 Å². The van der Waals surface area contributed by atoms with E-state index in [0.29, 0.717) is 35.1 Å². The van der Waals surface area contributed by atoms with Crippen molar-refractivity contribution in [3.8, 4) is 5.75 Å². The molecular formula is C28H27NO5. The van der Waals surface area contributed by atoms with Crippen LogP contribution >= 0.6 is 0 Å². The Bertz CT molecular complexity index is 1300. The lowest BCUT2D eigenvalue weighted by Gasteiger charge is -2.24. The van der Waals surface area contributed by atoms with Gasteiger partial charge in [-0.05, 0) is 81.0 Å². The zero-order chi connectivity index (χ0) is 23.8. The molecule has 0 spiro atoms. The van der Waals surface area contributed by atoms with Gasteiger partial charge in [0.2, 0.25) is 0 Å². The Morgan fingerprint density at radius 1 is 1.06 bits per heavy atom. The highest BCUT2D eigenvalue weighted by atomic mass is 16.5. The molecule has 1 aliphatic heterocycles. The minimum Gasteiger partial charge on any atom is -0.507 e. The van der Waals surface area contributed by atoms with Gasteiger partial charge < -0.3 is 14.3 Å². The van der Waals surface area contributed by atoms with Crippen molar-refractivity contribution in [1.29, 1.82) is 0 Å². The second kappa shape index (κ2) is 8.86. The van der Waals surface area contributed by atoms with Crippen molar-refractivity contribution in [3.63, 3.8) is 0 Å². The number of hydrogen-bond acceptors (Lipinski definition) is 5. The molecule has 1 aliphatic carbocycles. The number of hydrogen-bond donors (Lipinski definition) is 1. The van der Waals surface area contributed by atoms with Crippen molar-refractivity contribution >= 4 is 23.1 Å². The summed E-state index contributed by atoms with van der Waals surface area (Å²) in [5.74, 6) is 0.0129. The first-order valence-corrected chi connectivity index (χ1v) is 11.7. The molecule has 0 saturated carbocycles. The van der Waals surface area contributed by atoms with E-state index < -0.39 is 17.7 Å². The lowest BCUT2D eigenvalue weighted by atomic mass is 9.89. The lowest BCUT2D eigenvalue weighted by molar-refractivity contribution is -0.132. The summed E-state index contributed by atoms with van der Waals surface area (Å²) >= 11 is 0. The van der Waals surface area contributed by atoms with Crippen molar-refractivity contribution in [2.24, 2.45) is 0 Å². The highest BCUT2D eigenvalue weighted by Crippen LogP contribution is 2.43. The Labute approximate surface area is 198 Å². The van der Waals surface area contributed by atoms with Crippen LogP contribution in [0.15, 0.2) is 64.6 Å². The van der Waals surface area contributed by atoms with E-state index in [-0.39, 0.29) is 11.3 Å². The molecule has 1 amide bonds. The third-order valence-corrected chi connectivity index (χ3v) is 6.50. The maximum absolute atomic E-state index is 13.3. The van der Waals surface area contributed by atoms with E-state index in [0.717, 1.165) is 25.7 Å². The molecule has 174 valence electrons. The van der Waals surface area contributed by atoms with Gasteiger partial charge in [-0.15, -0.1) is 0 Å². The zero-order valence-electron chi connectivity index (χ0n) is 19.3. The summed E-state index contributed by atoms with van der Waals surface area (Å²) in [6.45, 7) is 4.15. The Morgan fingerprint density at radius 3 is 2.59 bits per heavy atom. The maximum Gasteiger partial charge on any atom is 0.300 e. The monoisotopic (exact) mass is 457 g/mol. The highest BCUT2D eigenvalue weighted by Gasteiger charge is 2.48. The van der Waals surface area contributed by atoms with Gasteiger partial charge in [-0.3, -0.25) is 14.5 Å². The first-order valence-electron chi connectivity index (χ1n) is 11.7. The van der Waals surface area contributed by atoms with Gasteiger partial charge in [-0.25, -0.2) is 0 Å². The fraction of sp³-hybridized carbons (Fsp3) is 0.286. The fourth-order valence-corrected chi connectivity index (χ4v) is 4.89. The average molecular weight is 458 g/mol. The van der Waals surface area contributed by atoms with E-state index in [1.165, 1.54) is 16.0 Å². The smallest absolute Gasteiger partial charge is 0.300 e. The Morgan fingerprint density at radius 2 is 1.85 bits per heavy atom. The minimum atomic E-state index is -0.887. The number of benzene rings is 2. The van der Waals surface area contributed by atoms with Crippen molar-refractivity contribution in [3.05, 3.63) is 88.4 Å². The lowest BCUT2D eigenvalue weighted by Crippen LogP contribution is -2.29. The van der Waals surface area contributed by atoms with Gasteiger partial charge in [-0.2, -0.15) is 0 Å². The second-order valence-corrected chi connectivity index (χ2v) is 8.74. The van der Waals surface area contributed by atoms with Crippen LogP contribution in [-0.2, 0) is 22.4 Å². The van der Waals surface area contributed by atoms with Gasteiger partial charge in [0.15, 0.2) is 0 Å². The number of ketones is 1. The van der Waals surface area contributed by atoms with Gasteiger partial charge in [0, 0.05) is 17.3 Å². The number of carbonyl (C=O) groups excluding carboxylic acids is 2. The van der Waals surface area contributed by atoms with Crippen LogP contribution in [0.3, 0.4) is 0 Å². The van der Waals surface area contributed by atoms with Crippen LogP contribution in [0.1, 0.15) is 54.0 Å². The van der Waals surface area contributed by atoms with E-state index in [1.807, 2.05) is 25.1 Å². The summed E-state index contributed by atoms with van der Waals surface area (Å²) in [6, 6.07) is 15.4. The number of nitrogens with zero attached hydrogens (tertiary/aromatic N) is 1. The number of furan rings is 1. The third kappa shape index (κ3) is 3.79. The Hall–Kier alpha value is -3.80. The molecule has 2 aliphatic rings. The normalized spacial score (nSPS) is 19.4. The molecular weight excluding hydrogens is 430 g/mol. The molecule has 1 saturated heterocycles. The largest absolute Gasteiger partial charge is 0.507 e. The predicted octanol–water partition coefficient (Wildman–Crippen LogP) is 5.49. The Kier molecular flexibility index (Phi) is 5.74. The summed E-state index contributed by atoms with van der Waals surface area (Å²) in [5.41, 5.74) is 3.51. The van der Waals surface area contributed by atoms with Gasteiger partial charge >= 0.3 is 0 Å². The van der Waals surface area contributed by atoms with Crippen molar-refractivity contribution < 1.29 is 23.8 Å². The molecule has 0 bridgehead atoms. The topological polar surface area (TPSA) is 80.0 Å². The number of carbonyl (C=O) groups is 2. The van der Waals surface area contributed by atoms with Crippen LogP contribution in [0.25, 0.3) is 5.76 Å². The summed E-state index contributed by atoms with van der Waals surface area (Å²) in [6.07, 6.45) is 4.21. The predicted molar refractivity (Wildman–Crippen MR) is 129 cm³/mol. The number of rotatable bonds is 5. The van der Waals surface area contributed by atoms with E-state index in [1.54, 1.807) is 43.3 Å². The van der Waals surface area contributed by atoms with Crippen LogP contribution in [0, 0.1) is 6.92 Å². The summed E-state index contributed by atoms with van der Waals surface area (Å²) in [7, 11) is 0. The SMILES string of the molecule is CCOc1cccc(N2C(=O)C(=O)/C(=C(\O)c3ccc4c(c3)CCCC4)C2c2ccc(C)o2)c1. The number of aryl methyl sites for hydroxylation is 3. The molecule has 5 rings (SSSR count). The highest BCUT2D eigenvalue weighted by molar-refractivity contribution is 6.51. The first-order chi connectivity index (χ1) is 16.5. The van der Waals surface area contributed by atoms with Crippen LogP contribution in [0.4, 0.5) is 5.69 Å². The molecule has 1 atom stereocenters. The third-order valence-electron chi connectivity index (χ3n) is 6.50. The molecule has 0 radical (unpaired) electrons. The number of aliphatic hydroxyl groups excluding tert-OH is 1. The molecule has 2 heterocycles. The quantitative estimate of drug-likeness (QED) is 0.311. The molecule has 1 fully saturated rings. The van der Waals surface area contributed by atoms with E-state index in [9.17, 15) is 14.7 Å². The van der Waals surface area contributed by atoms with Crippen LogP contribution in [-0.4, -0.2) is 23.4 Å². The van der Waals surface area contributed by atoms with Crippen LogP contribution in [0.2, 0.25) is 0 Å². The molecule has 6 heteroatoms. The molecule has 2 aromatic carbocycles. The van der Waals surface area contributed by atoms with Crippen molar-refractivity contribution in [1.82, 2.24) is 0 Å². The summed E-state index contributed by atoms with van der Waals surface area (Å²) in [4.78, 5) is 28.0. The number of aliphatic hydroxyl groups is 1. The number of Topliss-reactive ketones (excluding diaryl/α,β-unsaturated/α-hetero) is 1. The standard InChI is InChI=1S/C28H27NO5/c1-3-33-22-10-6-9-21(16-22)29-25(23-14-11-17(2)34-23)24(27(31)28(29)32)26(30)20-13-12-18-7-4-5-8-19(18)15-20/h6,9-16,25,30H,3-5,7-8H2,1-2H3/b26-24-. The number of ether oxygens (including phenoxy) is 1. The van der Waals surface area contributed by atoms with Crippen LogP contribution in [0.5, 0.6) is 5.75 Å². The maximum atomic E-state index is 13.3. The number of anilines is 1. The molecule has 6 nitrogen and oxygen atoms in total. The molecule has 1 unspecified atom stereocenters. The van der Waals surface area contributed by atoms with Gasteiger partial charge in [0.05, 0.1) is 12.2 Å². The van der Waals surface area contributed by atoms with Gasteiger partial charge in [0.1, 0.15) is 29.1 Å². The number of amides is 1. The van der Waals surface area contributed by atoms with Gasteiger partial charge in [-0.1, -0.05) is 18.2 Å². The number of fused-ring (bicyclic) bond motifs is 1. The van der Waals surface area contributed by atoms with E-state index in [2.05, 4.69) is 0 Å². The Balaban J connectivity index is 1.66. The average Bonchev–Trinajstić information content (AvgIpc) is 3.39. The molecule has 1 N–H and O–H groups in total. The van der Waals surface area contributed by atoms with E-state index in [4.69, 9.17) is 9.15 Å². The first kappa shape index (κ1) is 22.0. The van der Waals surface area contributed by atoms with Crippen molar-refractivity contribution in [2.45, 2.75) is 45.6 Å². The minimum absolute atomic E-state index is 0.0249. The zero-order valence-corrected chi connectivity index (χ0v) is 19.3.